The molecule has 0 bridgehead atoms. The third-order valence-electron chi connectivity index (χ3n) is 5.76. The van der Waals surface area contributed by atoms with E-state index in [2.05, 4.69) is 51.5 Å². The van der Waals surface area contributed by atoms with Crippen molar-refractivity contribution in [3.63, 3.8) is 0 Å². The van der Waals surface area contributed by atoms with Gasteiger partial charge < -0.3 is 9.80 Å². The second-order valence-corrected chi connectivity index (χ2v) is 8.13. The third-order valence-corrected chi connectivity index (χ3v) is 6.57. The fourth-order valence-corrected chi connectivity index (χ4v) is 5.09. The predicted octanol–water partition coefficient (Wildman–Crippen LogP) is 3.99. The van der Waals surface area contributed by atoms with Gasteiger partial charge in [-0.05, 0) is 56.8 Å². The average molecular weight is 342 g/mol. The maximum atomic E-state index is 4.64. The van der Waals surface area contributed by atoms with Crippen LogP contribution in [0.5, 0.6) is 0 Å². The van der Waals surface area contributed by atoms with Gasteiger partial charge in [-0.2, -0.15) is 0 Å². The van der Waals surface area contributed by atoms with Crippen LogP contribution < -0.4 is 4.90 Å². The van der Waals surface area contributed by atoms with E-state index >= 15 is 0 Å². The molecule has 1 aliphatic heterocycles. The molecule has 0 spiro atoms. The van der Waals surface area contributed by atoms with Gasteiger partial charge in [0.05, 0.1) is 0 Å². The number of fused-ring (bicyclic) bond motifs is 1. The number of nitrogens with zero attached hydrogens (tertiary/aromatic N) is 3. The molecule has 2 aliphatic rings. The SMILES string of the molecule is CN1CCCCC1CCN(c1nccs1)C1Cc2ccccc2C1. The fourth-order valence-electron chi connectivity index (χ4n) is 4.35. The van der Waals surface area contributed by atoms with Crippen LogP contribution in [0.1, 0.15) is 36.8 Å². The fraction of sp³-hybridized carbons (Fsp3) is 0.550. The van der Waals surface area contributed by atoms with Gasteiger partial charge in [0.1, 0.15) is 0 Å². The summed E-state index contributed by atoms with van der Waals surface area (Å²) in [6, 6.07) is 10.2. The van der Waals surface area contributed by atoms with Crippen LogP contribution in [-0.2, 0) is 12.8 Å². The minimum absolute atomic E-state index is 0.572. The zero-order valence-electron chi connectivity index (χ0n) is 14.5. The van der Waals surface area contributed by atoms with Crippen LogP contribution in [0.15, 0.2) is 35.8 Å². The molecule has 24 heavy (non-hydrogen) atoms. The number of piperidine rings is 1. The summed E-state index contributed by atoms with van der Waals surface area (Å²) in [7, 11) is 2.29. The van der Waals surface area contributed by atoms with E-state index in [1.54, 1.807) is 11.3 Å². The molecule has 128 valence electrons. The largest absolute Gasteiger partial charge is 0.344 e. The van der Waals surface area contributed by atoms with Gasteiger partial charge in [-0.25, -0.2) is 4.98 Å². The van der Waals surface area contributed by atoms with Gasteiger partial charge in [0.15, 0.2) is 5.13 Å². The molecule has 1 unspecified atom stereocenters. The van der Waals surface area contributed by atoms with Crippen molar-refractivity contribution < 1.29 is 0 Å². The Labute approximate surface area is 149 Å². The average Bonchev–Trinajstić information content (AvgIpc) is 3.26. The first-order chi connectivity index (χ1) is 11.8. The van der Waals surface area contributed by atoms with Gasteiger partial charge in [-0.3, -0.25) is 0 Å². The van der Waals surface area contributed by atoms with E-state index in [0.29, 0.717) is 6.04 Å². The molecule has 1 fully saturated rings. The van der Waals surface area contributed by atoms with Crippen molar-refractivity contribution in [2.24, 2.45) is 0 Å². The van der Waals surface area contributed by atoms with Crippen LogP contribution in [0.4, 0.5) is 5.13 Å². The Bertz CT molecular complexity index is 630. The van der Waals surface area contributed by atoms with E-state index in [1.807, 2.05) is 6.20 Å². The van der Waals surface area contributed by atoms with E-state index in [-0.39, 0.29) is 0 Å². The molecule has 0 amide bonds. The molecular formula is C20H27N3S. The molecule has 0 N–H and O–H groups in total. The number of rotatable bonds is 5. The molecule has 4 heteroatoms. The summed E-state index contributed by atoms with van der Waals surface area (Å²) in [6.07, 6.45) is 9.63. The quantitative estimate of drug-likeness (QED) is 0.820. The maximum Gasteiger partial charge on any atom is 0.185 e. The van der Waals surface area contributed by atoms with Crippen molar-refractivity contribution in [1.29, 1.82) is 0 Å². The maximum absolute atomic E-state index is 4.64. The van der Waals surface area contributed by atoms with Crippen molar-refractivity contribution >= 4 is 16.5 Å². The highest BCUT2D eigenvalue weighted by molar-refractivity contribution is 7.13. The topological polar surface area (TPSA) is 19.4 Å². The number of hydrogen-bond donors (Lipinski definition) is 0. The molecule has 3 nitrogen and oxygen atoms in total. The third kappa shape index (κ3) is 3.35. The summed E-state index contributed by atoms with van der Waals surface area (Å²) >= 11 is 1.79. The standard InChI is InChI=1S/C20H27N3S/c1-22-11-5-4-8-18(22)9-12-23(20-21-10-13-24-20)19-14-16-6-2-3-7-17(16)15-19/h2-3,6-7,10,13,18-19H,4-5,8-9,11-12,14-15H2,1H3. The summed E-state index contributed by atoms with van der Waals surface area (Å²) < 4.78 is 0. The van der Waals surface area contributed by atoms with Crippen LogP contribution >= 0.6 is 11.3 Å². The van der Waals surface area contributed by atoms with Crippen LogP contribution in [0.3, 0.4) is 0 Å². The first kappa shape index (κ1) is 16.1. The number of anilines is 1. The van der Waals surface area contributed by atoms with Crippen molar-refractivity contribution in [1.82, 2.24) is 9.88 Å². The number of hydrogen-bond acceptors (Lipinski definition) is 4. The van der Waals surface area contributed by atoms with E-state index in [4.69, 9.17) is 0 Å². The predicted molar refractivity (Wildman–Crippen MR) is 102 cm³/mol. The molecule has 1 aromatic heterocycles. The highest BCUT2D eigenvalue weighted by Crippen LogP contribution is 2.31. The van der Waals surface area contributed by atoms with Gasteiger partial charge in [-0.1, -0.05) is 30.7 Å². The number of aromatic nitrogens is 1. The van der Waals surface area contributed by atoms with Crippen molar-refractivity contribution in [2.45, 2.75) is 50.6 Å². The molecule has 1 saturated heterocycles. The first-order valence-electron chi connectivity index (χ1n) is 9.24. The minimum Gasteiger partial charge on any atom is -0.344 e. The zero-order valence-corrected chi connectivity index (χ0v) is 15.3. The second kappa shape index (κ2) is 7.24. The van der Waals surface area contributed by atoms with Crippen LogP contribution in [0.25, 0.3) is 0 Å². The zero-order chi connectivity index (χ0) is 16.4. The lowest BCUT2D eigenvalue weighted by atomic mass is 9.99. The normalized spacial score (nSPS) is 21.8. The van der Waals surface area contributed by atoms with Gasteiger partial charge >= 0.3 is 0 Å². The van der Waals surface area contributed by atoms with Crippen molar-refractivity contribution in [2.75, 3.05) is 25.0 Å². The summed E-state index contributed by atoms with van der Waals surface area (Å²) in [4.78, 5) is 9.79. The number of benzene rings is 1. The molecule has 1 aromatic carbocycles. The monoisotopic (exact) mass is 341 g/mol. The highest BCUT2D eigenvalue weighted by atomic mass is 32.1. The summed E-state index contributed by atoms with van der Waals surface area (Å²) in [5.41, 5.74) is 3.05. The van der Waals surface area contributed by atoms with Gasteiger partial charge in [-0.15, -0.1) is 11.3 Å². The van der Waals surface area contributed by atoms with Crippen molar-refractivity contribution in [3.8, 4) is 0 Å². The smallest absolute Gasteiger partial charge is 0.185 e. The Morgan fingerprint density at radius 2 is 2.00 bits per heavy atom. The molecule has 0 saturated carbocycles. The van der Waals surface area contributed by atoms with E-state index in [0.717, 1.165) is 25.4 Å². The first-order valence-corrected chi connectivity index (χ1v) is 10.1. The lowest BCUT2D eigenvalue weighted by molar-refractivity contribution is 0.177. The lowest BCUT2D eigenvalue weighted by Gasteiger charge is -2.35. The Hall–Kier alpha value is -1.39. The van der Waals surface area contributed by atoms with E-state index in [9.17, 15) is 0 Å². The molecule has 1 atom stereocenters. The summed E-state index contributed by atoms with van der Waals surface area (Å²) in [5.74, 6) is 0. The van der Waals surface area contributed by atoms with Gasteiger partial charge in [0.25, 0.3) is 0 Å². The Morgan fingerprint density at radius 1 is 1.21 bits per heavy atom. The van der Waals surface area contributed by atoms with Crippen molar-refractivity contribution in [3.05, 3.63) is 47.0 Å². The minimum atomic E-state index is 0.572. The Morgan fingerprint density at radius 3 is 2.67 bits per heavy atom. The Balaban J connectivity index is 1.47. The van der Waals surface area contributed by atoms with E-state index in [1.165, 1.54) is 48.5 Å². The number of likely N-dealkylation sites (tertiary alicyclic amines) is 1. The molecule has 0 radical (unpaired) electrons. The molecule has 1 aliphatic carbocycles. The molecular weight excluding hydrogens is 314 g/mol. The molecule has 2 heterocycles. The summed E-state index contributed by atoms with van der Waals surface area (Å²) in [5, 5.41) is 3.31. The van der Waals surface area contributed by atoms with Gasteiger partial charge in [0, 0.05) is 30.2 Å². The van der Waals surface area contributed by atoms with Crippen LogP contribution in [-0.4, -0.2) is 42.1 Å². The van der Waals surface area contributed by atoms with Crippen LogP contribution in [0.2, 0.25) is 0 Å². The van der Waals surface area contributed by atoms with Crippen LogP contribution in [0, 0.1) is 0 Å². The van der Waals surface area contributed by atoms with Gasteiger partial charge in [0.2, 0.25) is 0 Å². The van der Waals surface area contributed by atoms with E-state index < -0.39 is 0 Å². The number of thiazole rings is 1. The molecule has 4 rings (SSSR count). The summed E-state index contributed by atoms with van der Waals surface area (Å²) in [6.45, 7) is 2.39. The lowest BCUT2D eigenvalue weighted by Crippen LogP contribution is -2.42. The molecule has 2 aromatic rings. The highest BCUT2D eigenvalue weighted by Gasteiger charge is 2.29. The Kier molecular flexibility index (Phi) is 4.86. The second-order valence-electron chi connectivity index (χ2n) is 7.26.